The molecule has 0 amide bonds. The maximum absolute atomic E-state index is 6.17. The van der Waals surface area contributed by atoms with Crippen LogP contribution in [0.25, 0.3) is 0 Å². The predicted octanol–water partition coefficient (Wildman–Crippen LogP) is 2.63. The van der Waals surface area contributed by atoms with Crippen molar-refractivity contribution in [1.82, 2.24) is 15.5 Å². The number of nitrogens with zero attached hydrogens (tertiary/aromatic N) is 2. The van der Waals surface area contributed by atoms with E-state index >= 15 is 0 Å². The SMILES string of the molecule is CCNC(=NCc1ccc(Cl)cc1Cl)NCCN(C)CCOC. The van der Waals surface area contributed by atoms with E-state index in [-0.39, 0.29) is 0 Å². The smallest absolute Gasteiger partial charge is 0.191 e. The number of hydrogen-bond acceptors (Lipinski definition) is 3. The highest BCUT2D eigenvalue weighted by Gasteiger charge is 2.03. The number of halogens is 2. The molecular weight excluding hydrogens is 335 g/mol. The second-order valence-electron chi connectivity index (χ2n) is 5.15. The highest BCUT2D eigenvalue weighted by Crippen LogP contribution is 2.21. The molecule has 0 aliphatic carbocycles. The number of aliphatic imine (C=N–C) groups is 1. The van der Waals surface area contributed by atoms with Crippen molar-refractivity contribution in [3.8, 4) is 0 Å². The Kier molecular flexibility index (Phi) is 10.0. The van der Waals surface area contributed by atoms with Crippen LogP contribution >= 0.6 is 23.2 Å². The molecule has 0 bridgehead atoms. The Morgan fingerprint density at radius 2 is 2.04 bits per heavy atom. The van der Waals surface area contributed by atoms with Gasteiger partial charge < -0.3 is 20.3 Å². The molecule has 0 saturated carbocycles. The van der Waals surface area contributed by atoms with Gasteiger partial charge in [-0.3, -0.25) is 0 Å². The molecule has 0 heterocycles. The van der Waals surface area contributed by atoms with Crippen molar-refractivity contribution in [1.29, 1.82) is 0 Å². The highest BCUT2D eigenvalue weighted by atomic mass is 35.5. The summed E-state index contributed by atoms with van der Waals surface area (Å²) in [7, 11) is 3.78. The van der Waals surface area contributed by atoms with Crippen LogP contribution in [0, 0.1) is 0 Å². The van der Waals surface area contributed by atoms with Gasteiger partial charge in [0.25, 0.3) is 0 Å². The van der Waals surface area contributed by atoms with Crippen molar-refractivity contribution in [2.24, 2.45) is 4.99 Å². The molecule has 1 aromatic rings. The Morgan fingerprint density at radius 1 is 1.26 bits per heavy atom. The molecule has 2 N–H and O–H groups in total. The van der Waals surface area contributed by atoms with Gasteiger partial charge >= 0.3 is 0 Å². The van der Waals surface area contributed by atoms with Gasteiger partial charge in [-0.25, -0.2) is 4.99 Å². The molecule has 0 aliphatic heterocycles. The van der Waals surface area contributed by atoms with E-state index in [1.165, 1.54) is 0 Å². The van der Waals surface area contributed by atoms with Crippen molar-refractivity contribution in [2.45, 2.75) is 13.5 Å². The van der Waals surface area contributed by atoms with Gasteiger partial charge in [-0.1, -0.05) is 29.3 Å². The molecule has 1 aromatic carbocycles. The van der Waals surface area contributed by atoms with E-state index in [1.54, 1.807) is 13.2 Å². The van der Waals surface area contributed by atoms with E-state index in [9.17, 15) is 0 Å². The van der Waals surface area contributed by atoms with E-state index < -0.39 is 0 Å². The molecule has 7 heteroatoms. The minimum Gasteiger partial charge on any atom is -0.383 e. The molecule has 1 rings (SSSR count). The second-order valence-corrected chi connectivity index (χ2v) is 6.00. The summed E-state index contributed by atoms with van der Waals surface area (Å²) in [5, 5.41) is 7.81. The summed E-state index contributed by atoms with van der Waals surface area (Å²) in [4.78, 5) is 6.76. The maximum Gasteiger partial charge on any atom is 0.191 e. The molecule has 0 aromatic heterocycles. The standard InChI is InChI=1S/C16H26Cl2N4O/c1-4-19-16(20-7-8-22(2)9-10-23-3)21-12-13-5-6-14(17)11-15(13)18/h5-6,11H,4,7-10,12H2,1-3H3,(H2,19,20,21). The predicted molar refractivity (Wildman–Crippen MR) is 98.7 cm³/mol. The average Bonchev–Trinajstić information content (AvgIpc) is 2.52. The summed E-state index contributed by atoms with van der Waals surface area (Å²) in [6.45, 7) is 6.71. The van der Waals surface area contributed by atoms with Gasteiger partial charge in [0.05, 0.1) is 13.2 Å². The molecule has 0 fully saturated rings. The lowest BCUT2D eigenvalue weighted by molar-refractivity contribution is 0.162. The third-order valence-corrected chi connectivity index (χ3v) is 3.82. The first-order valence-corrected chi connectivity index (χ1v) is 8.46. The summed E-state index contributed by atoms with van der Waals surface area (Å²) >= 11 is 12.1. The molecule has 0 radical (unpaired) electrons. The first-order chi connectivity index (χ1) is 11.1. The van der Waals surface area contributed by atoms with E-state index in [1.807, 2.05) is 19.1 Å². The molecule has 130 valence electrons. The molecule has 23 heavy (non-hydrogen) atoms. The zero-order valence-electron chi connectivity index (χ0n) is 14.0. The molecule has 0 aliphatic rings. The van der Waals surface area contributed by atoms with Gasteiger partial charge in [0, 0.05) is 43.3 Å². The molecule has 0 saturated heterocycles. The maximum atomic E-state index is 6.17. The summed E-state index contributed by atoms with van der Waals surface area (Å²) in [6.07, 6.45) is 0. The van der Waals surface area contributed by atoms with Gasteiger partial charge in [-0.05, 0) is 31.7 Å². The number of hydrogen-bond donors (Lipinski definition) is 2. The number of benzene rings is 1. The van der Waals surface area contributed by atoms with E-state index in [2.05, 4.69) is 27.6 Å². The summed E-state index contributed by atoms with van der Waals surface area (Å²) in [5.41, 5.74) is 0.950. The van der Waals surface area contributed by atoms with Crippen LogP contribution in [-0.4, -0.2) is 57.8 Å². The average molecular weight is 361 g/mol. The zero-order valence-corrected chi connectivity index (χ0v) is 15.5. The Morgan fingerprint density at radius 3 is 2.70 bits per heavy atom. The van der Waals surface area contributed by atoms with Crippen molar-refractivity contribution in [3.63, 3.8) is 0 Å². The van der Waals surface area contributed by atoms with Crippen molar-refractivity contribution >= 4 is 29.2 Å². The van der Waals surface area contributed by atoms with Crippen LogP contribution in [-0.2, 0) is 11.3 Å². The first-order valence-electron chi connectivity index (χ1n) is 7.70. The number of ether oxygens (including phenoxy) is 1. The van der Waals surface area contributed by atoms with Gasteiger partial charge in [0.1, 0.15) is 0 Å². The molecule has 5 nitrogen and oxygen atoms in total. The third kappa shape index (κ3) is 8.42. The van der Waals surface area contributed by atoms with Crippen LogP contribution in [0.15, 0.2) is 23.2 Å². The minimum absolute atomic E-state index is 0.505. The van der Waals surface area contributed by atoms with Gasteiger partial charge in [0.15, 0.2) is 5.96 Å². The Labute approximate surface area is 149 Å². The van der Waals surface area contributed by atoms with Crippen LogP contribution in [0.3, 0.4) is 0 Å². The van der Waals surface area contributed by atoms with Crippen molar-refractivity contribution in [3.05, 3.63) is 33.8 Å². The van der Waals surface area contributed by atoms with E-state index in [0.717, 1.165) is 44.3 Å². The first kappa shape index (κ1) is 20.0. The molecule has 0 unspecified atom stereocenters. The fourth-order valence-corrected chi connectivity index (χ4v) is 2.35. The number of likely N-dealkylation sites (N-methyl/N-ethyl adjacent to an activating group) is 1. The van der Waals surface area contributed by atoms with Crippen molar-refractivity contribution in [2.75, 3.05) is 46.9 Å². The number of nitrogens with one attached hydrogen (secondary N) is 2. The number of guanidine groups is 1. The van der Waals surface area contributed by atoms with E-state index in [0.29, 0.717) is 16.6 Å². The third-order valence-electron chi connectivity index (χ3n) is 3.23. The van der Waals surface area contributed by atoms with Crippen LogP contribution in [0.5, 0.6) is 0 Å². The topological polar surface area (TPSA) is 48.9 Å². The second kappa shape index (κ2) is 11.5. The van der Waals surface area contributed by atoms with Crippen LogP contribution in [0.1, 0.15) is 12.5 Å². The quantitative estimate of drug-likeness (QED) is 0.524. The normalized spacial score (nSPS) is 11.8. The molecular formula is C16H26Cl2N4O. The summed E-state index contributed by atoms with van der Waals surface area (Å²) in [6, 6.07) is 5.46. The Balaban J connectivity index is 2.49. The monoisotopic (exact) mass is 360 g/mol. The van der Waals surface area contributed by atoms with Crippen molar-refractivity contribution < 1.29 is 4.74 Å². The fourth-order valence-electron chi connectivity index (χ4n) is 1.88. The fraction of sp³-hybridized carbons (Fsp3) is 0.562. The van der Waals surface area contributed by atoms with E-state index in [4.69, 9.17) is 27.9 Å². The number of methoxy groups -OCH3 is 1. The van der Waals surface area contributed by atoms with Crippen LogP contribution in [0.4, 0.5) is 0 Å². The van der Waals surface area contributed by atoms with Gasteiger partial charge in [0.2, 0.25) is 0 Å². The lowest BCUT2D eigenvalue weighted by Gasteiger charge is -2.17. The van der Waals surface area contributed by atoms with Gasteiger partial charge in [-0.2, -0.15) is 0 Å². The highest BCUT2D eigenvalue weighted by molar-refractivity contribution is 6.35. The van der Waals surface area contributed by atoms with Crippen LogP contribution in [0.2, 0.25) is 10.0 Å². The number of rotatable bonds is 9. The Bertz CT molecular complexity index is 497. The lowest BCUT2D eigenvalue weighted by Crippen LogP contribution is -2.41. The van der Waals surface area contributed by atoms with Crippen LogP contribution < -0.4 is 10.6 Å². The largest absolute Gasteiger partial charge is 0.383 e. The minimum atomic E-state index is 0.505. The molecule has 0 spiro atoms. The zero-order chi connectivity index (χ0) is 17.1. The molecule has 0 atom stereocenters. The summed E-state index contributed by atoms with van der Waals surface area (Å²) < 4.78 is 5.07. The Hall–Kier alpha value is -1.01. The van der Waals surface area contributed by atoms with Gasteiger partial charge in [-0.15, -0.1) is 0 Å². The lowest BCUT2D eigenvalue weighted by atomic mass is 10.2. The summed E-state index contributed by atoms with van der Waals surface area (Å²) in [5.74, 6) is 0.777.